The van der Waals surface area contributed by atoms with Crippen LogP contribution in [0.3, 0.4) is 0 Å². The molecule has 0 saturated carbocycles. The fourth-order valence-corrected chi connectivity index (χ4v) is 2.18. The van der Waals surface area contributed by atoms with Crippen LogP contribution in [0.15, 0.2) is 10.9 Å². The van der Waals surface area contributed by atoms with Crippen LogP contribution in [0.25, 0.3) is 0 Å². The number of rotatable bonds is 4. The van der Waals surface area contributed by atoms with Crippen molar-refractivity contribution in [3.8, 4) is 5.88 Å². The van der Waals surface area contributed by atoms with Gasteiger partial charge in [0.2, 0.25) is 0 Å². The number of carbonyl (C=O) groups is 1. The summed E-state index contributed by atoms with van der Waals surface area (Å²) in [5.41, 5.74) is 3.20. The highest BCUT2D eigenvalue weighted by molar-refractivity contribution is 7.85. The summed E-state index contributed by atoms with van der Waals surface area (Å²) in [7, 11) is -4.45. The molecule has 0 aliphatic heterocycles. The summed E-state index contributed by atoms with van der Waals surface area (Å²) < 4.78 is 31.1. The Morgan fingerprint density at radius 2 is 2.06 bits per heavy atom. The SMILES string of the molecule is CCn1c(O)cc(CS(=O)(=O)O)c(C(N)=O)c1=O. The number of nitrogens with zero attached hydrogens (tertiary/aromatic N) is 1. The van der Waals surface area contributed by atoms with Crippen LogP contribution in [-0.2, 0) is 22.4 Å². The van der Waals surface area contributed by atoms with Gasteiger partial charge in [0.15, 0.2) is 5.88 Å². The van der Waals surface area contributed by atoms with Crippen LogP contribution in [-0.4, -0.2) is 28.6 Å². The normalized spacial score (nSPS) is 11.4. The maximum Gasteiger partial charge on any atom is 0.269 e. The molecule has 0 radical (unpaired) electrons. The van der Waals surface area contributed by atoms with Crippen molar-refractivity contribution in [1.29, 1.82) is 0 Å². The molecule has 100 valence electrons. The van der Waals surface area contributed by atoms with Gasteiger partial charge < -0.3 is 10.8 Å². The molecule has 1 rings (SSSR count). The van der Waals surface area contributed by atoms with Crippen molar-refractivity contribution in [2.24, 2.45) is 5.73 Å². The van der Waals surface area contributed by atoms with E-state index in [1.165, 1.54) is 0 Å². The van der Waals surface area contributed by atoms with E-state index in [1.54, 1.807) is 6.92 Å². The van der Waals surface area contributed by atoms with Crippen LogP contribution >= 0.6 is 0 Å². The van der Waals surface area contributed by atoms with Crippen molar-refractivity contribution in [3.63, 3.8) is 0 Å². The van der Waals surface area contributed by atoms with E-state index < -0.39 is 38.8 Å². The highest BCUT2D eigenvalue weighted by Crippen LogP contribution is 2.15. The predicted molar refractivity (Wildman–Crippen MR) is 61.8 cm³/mol. The Balaban J connectivity index is 3.62. The van der Waals surface area contributed by atoms with E-state index in [2.05, 4.69) is 0 Å². The maximum atomic E-state index is 11.8. The van der Waals surface area contributed by atoms with Gasteiger partial charge >= 0.3 is 0 Å². The predicted octanol–water partition coefficient (Wildman–Crippen LogP) is -0.939. The number of hydrogen-bond acceptors (Lipinski definition) is 5. The average Bonchev–Trinajstić information content (AvgIpc) is 2.13. The third-order valence-electron chi connectivity index (χ3n) is 2.26. The van der Waals surface area contributed by atoms with E-state index in [9.17, 15) is 23.1 Å². The molecule has 1 aromatic heterocycles. The lowest BCUT2D eigenvalue weighted by molar-refractivity contribution is 0.0997. The highest BCUT2D eigenvalue weighted by atomic mass is 32.2. The molecule has 0 saturated heterocycles. The molecule has 0 atom stereocenters. The van der Waals surface area contributed by atoms with Crippen LogP contribution in [0, 0.1) is 0 Å². The summed E-state index contributed by atoms with van der Waals surface area (Å²) in [6.45, 7) is 1.63. The second kappa shape index (κ2) is 4.78. The lowest BCUT2D eigenvalue weighted by Gasteiger charge is -2.10. The van der Waals surface area contributed by atoms with Crippen LogP contribution in [0.1, 0.15) is 22.8 Å². The molecule has 0 unspecified atom stereocenters. The van der Waals surface area contributed by atoms with E-state index in [0.717, 1.165) is 10.6 Å². The van der Waals surface area contributed by atoms with Crippen molar-refractivity contribution in [3.05, 3.63) is 27.5 Å². The Hall–Kier alpha value is -1.87. The molecule has 0 bridgehead atoms. The van der Waals surface area contributed by atoms with Crippen LogP contribution in [0.5, 0.6) is 5.88 Å². The van der Waals surface area contributed by atoms with Gasteiger partial charge in [0.05, 0.1) is 0 Å². The lowest BCUT2D eigenvalue weighted by atomic mass is 10.1. The molecule has 0 aliphatic carbocycles. The first-order valence-electron chi connectivity index (χ1n) is 4.88. The zero-order chi connectivity index (χ0) is 14.1. The maximum absolute atomic E-state index is 11.8. The third kappa shape index (κ3) is 2.87. The van der Waals surface area contributed by atoms with Gasteiger partial charge in [-0.3, -0.25) is 18.7 Å². The molecule has 0 fully saturated rings. The van der Waals surface area contributed by atoms with E-state index in [4.69, 9.17) is 10.3 Å². The van der Waals surface area contributed by atoms with Gasteiger partial charge in [0, 0.05) is 12.6 Å². The van der Waals surface area contributed by atoms with Gasteiger partial charge in [-0.2, -0.15) is 8.42 Å². The Bertz CT molecular complexity index is 646. The molecule has 1 amide bonds. The number of carbonyl (C=O) groups excluding carboxylic acids is 1. The Morgan fingerprint density at radius 3 is 2.44 bits per heavy atom. The summed E-state index contributed by atoms with van der Waals surface area (Å²) in [5.74, 6) is -2.61. The average molecular weight is 276 g/mol. The summed E-state index contributed by atoms with van der Waals surface area (Å²) in [6.07, 6.45) is 0. The van der Waals surface area contributed by atoms with Crippen LogP contribution in [0.2, 0.25) is 0 Å². The molecule has 9 heteroatoms. The zero-order valence-corrected chi connectivity index (χ0v) is 10.3. The van der Waals surface area contributed by atoms with E-state index in [0.29, 0.717) is 0 Å². The van der Waals surface area contributed by atoms with Gasteiger partial charge in [0.1, 0.15) is 11.3 Å². The summed E-state index contributed by atoms with van der Waals surface area (Å²) >= 11 is 0. The van der Waals surface area contributed by atoms with Crippen molar-refractivity contribution in [2.75, 3.05) is 0 Å². The summed E-state index contributed by atoms with van der Waals surface area (Å²) in [5, 5.41) is 9.51. The molecule has 0 spiro atoms. The summed E-state index contributed by atoms with van der Waals surface area (Å²) in [4.78, 5) is 23.0. The molecular formula is C9H12N2O6S. The topological polar surface area (TPSA) is 140 Å². The number of pyridine rings is 1. The minimum atomic E-state index is -4.45. The minimum Gasteiger partial charge on any atom is -0.494 e. The first-order valence-corrected chi connectivity index (χ1v) is 6.49. The number of nitrogens with two attached hydrogens (primary N) is 1. The number of aromatic hydroxyl groups is 1. The van der Waals surface area contributed by atoms with Gasteiger partial charge in [-0.1, -0.05) is 0 Å². The highest BCUT2D eigenvalue weighted by Gasteiger charge is 2.21. The van der Waals surface area contributed by atoms with Crippen molar-refractivity contribution < 1.29 is 22.9 Å². The van der Waals surface area contributed by atoms with Gasteiger partial charge in [0.25, 0.3) is 21.6 Å². The number of primary amides is 1. The quantitative estimate of drug-likeness (QED) is 0.606. The van der Waals surface area contributed by atoms with E-state index in [-0.39, 0.29) is 12.1 Å². The molecule has 1 heterocycles. The minimum absolute atomic E-state index is 0.0805. The zero-order valence-electron chi connectivity index (χ0n) is 9.45. The van der Waals surface area contributed by atoms with Crippen LogP contribution in [0.4, 0.5) is 0 Å². The molecule has 18 heavy (non-hydrogen) atoms. The smallest absolute Gasteiger partial charge is 0.269 e. The second-order valence-corrected chi connectivity index (χ2v) is 5.00. The first-order chi connectivity index (χ1) is 8.17. The Kier molecular flexibility index (Phi) is 3.77. The Labute approximate surface area is 102 Å². The fraction of sp³-hybridized carbons (Fsp3) is 0.333. The standard InChI is InChI=1S/C9H12N2O6S/c1-2-11-6(12)3-5(4-18(15,16)17)7(8(10)13)9(11)14/h3,12H,2,4H2,1H3,(H2,10,13)(H,15,16,17). The van der Waals surface area contributed by atoms with Crippen molar-refractivity contribution >= 4 is 16.0 Å². The summed E-state index contributed by atoms with van der Waals surface area (Å²) in [6, 6.07) is 0.915. The number of amides is 1. The monoisotopic (exact) mass is 276 g/mol. The Morgan fingerprint density at radius 1 is 1.50 bits per heavy atom. The number of aromatic nitrogens is 1. The molecule has 8 nitrogen and oxygen atoms in total. The third-order valence-corrected chi connectivity index (χ3v) is 2.94. The second-order valence-electron chi connectivity index (χ2n) is 3.54. The molecule has 0 aliphatic rings. The largest absolute Gasteiger partial charge is 0.494 e. The first kappa shape index (κ1) is 14.2. The fourth-order valence-electron chi connectivity index (χ4n) is 1.56. The number of hydrogen-bond donors (Lipinski definition) is 3. The van der Waals surface area contributed by atoms with Crippen molar-refractivity contribution in [2.45, 2.75) is 19.2 Å². The molecule has 0 aromatic carbocycles. The van der Waals surface area contributed by atoms with Gasteiger partial charge in [-0.15, -0.1) is 0 Å². The van der Waals surface area contributed by atoms with E-state index >= 15 is 0 Å². The van der Waals surface area contributed by atoms with Crippen molar-refractivity contribution in [1.82, 2.24) is 4.57 Å². The van der Waals surface area contributed by atoms with Crippen LogP contribution < -0.4 is 11.3 Å². The van der Waals surface area contributed by atoms with Gasteiger partial charge in [-0.05, 0) is 12.5 Å². The lowest BCUT2D eigenvalue weighted by Crippen LogP contribution is -2.31. The van der Waals surface area contributed by atoms with Gasteiger partial charge in [-0.25, -0.2) is 0 Å². The molecular weight excluding hydrogens is 264 g/mol. The molecule has 1 aromatic rings. The molecule has 4 N–H and O–H groups in total. The van der Waals surface area contributed by atoms with E-state index in [1.807, 2.05) is 0 Å².